The molecule has 2 amide bonds. The Morgan fingerprint density at radius 2 is 1.87 bits per heavy atom. The molecule has 162 valence electrons. The number of nitrogens with zero attached hydrogens (tertiary/aromatic N) is 2. The molecule has 1 saturated heterocycles. The topological polar surface area (TPSA) is 88.1 Å². The molecular formula is C22H22ClN3O4S. The van der Waals surface area contributed by atoms with Gasteiger partial charge in [-0.05, 0) is 50.2 Å². The fraction of sp³-hybridized carbons (Fsp3) is 0.273. The number of thioether (sulfide) groups is 1. The van der Waals surface area contributed by atoms with E-state index >= 15 is 0 Å². The molecule has 0 saturated carbocycles. The van der Waals surface area contributed by atoms with Gasteiger partial charge in [0, 0.05) is 13.0 Å². The van der Waals surface area contributed by atoms with Gasteiger partial charge in [0.2, 0.25) is 11.8 Å². The number of benzene rings is 2. The number of amidine groups is 1. The zero-order valence-electron chi connectivity index (χ0n) is 17.1. The molecule has 2 aromatic rings. The predicted molar refractivity (Wildman–Crippen MR) is 123 cm³/mol. The third-order valence-electron chi connectivity index (χ3n) is 4.46. The van der Waals surface area contributed by atoms with E-state index in [4.69, 9.17) is 16.3 Å². The van der Waals surface area contributed by atoms with Crippen molar-refractivity contribution in [3.63, 3.8) is 0 Å². The molecule has 3 rings (SSSR count). The zero-order chi connectivity index (χ0) is 22.4. The summed E-state index contributed by atoms with van der Waals surface area (Å²) in [5.41, 5.74) is 1.54. The van der Waals surface area contributed by atoms with E-state index in [9.17, 15) is 14.4 Å². The Morgan fingerprint density at radius 3 is 2.52 bits per heavy atom. The Balaban J connectivity index is 1.70. The molecule has 1 fully saturated rings. The molecule has 0 aliphatic carbocycles. The Morgan fingerprint density at radius 1 is 1.16 bits per heavy atom. The van der Waals surface area contributed by atoms with E-state index < -0.39 is 11.2 Å². The van der Waals surface area contributed by atoms with Gasteiger partial charge in [-0.3, -0.25) is 14.5 Å². The molecule has 7 nitrogen and oxygen atoms in total. The summed E-state index contributed by atoms with van der Waals surface area (Å²) >= 11 is 7.33. The van der Waals surface area contributed by atoms with Gasteiger partial charge in [-0.25, -0.2) is 9.79 Å². The van der Waals surface area contributed by atoms with Crippen LogP contribution in [0.2, 0.25) is 5.02 Å². The van der Waals surface area contributed by atoms with Gasteiger partial charge < -0.3 is 10.1 Å². The van der Waals surface area contributed by atoms with Gasteiger partial charge in [0.05, 0.1) is 28.6 Å². The fourth-order valence-corrected chi connectivity index (χ4v) is 4.35. The lowest BCUT2D eigenvalue weighted by Gasteiger charge is -2.13. The molecular weight excluding hydrogens is 438 g/mol. The van der Waals surface area contributed by atoms with Gasteiger partial charge in [0.15, 0.2) is 5.17 Å². The number of rotatable bonds is 7. The average Bonchev–Trinajstić information content (AvgIpc) is 3.04. The highest BCUT2D eigenvalue weighted by Gasteiger charge is 2.38. The highest BCUT2D eigenvalue weighted by molar-refractivity contribution is 8.15. The third kappa shape index (κ3) is 5.65. The number of carbonyl (C=O) groups excluding carboxylic acids is 3. The lowest BCUT2D eigenvalue weighted by molar-refractivity contribution is -0.128. The fourth-order valence-electron chi connectivity index (χ4n) is 2.95. The van der Waals surface area contributed by atoms with Crippen LogP contribution in [0.3, 0.4) is 0 Å². The second-order valence-electron chi connectivity index (χ2n) is 6.58. The lowest BCUT2D eigenvalue weighted by atomic mass is 10.2. The second-order valence-corrected chi connectivity index (χ2v) is 8.16. The summed E-state index contributed by atoms with van der Waals surface area (Å²) in [6.45, 7) is 4.34. The molecule has 2 aromatic carbocycles. The summed E-state index contributed by atoms with van der Waals surface area (Å²) in [7, 11) is 0. The summed E-state index contributed by atoms with van der Waals surface area (Å²) in [6, 6.07) is 13.6. The molecule has 0 radical (unpaired) electrons. The average molecular weight is 460 g/mol. The van der Waals surface area contributed by atoms with E-state index in [0.29, 0.717) is 40.3 Å². The first kappa shape index (κ1) is 22.8. The Labute approximate surface area is 189 Å². The van der Waals surface area contributed by atoms with Crippen molar-refractivity contribution in [3.8, 4) is 0 Å². The van der Waals surface area contributed by atoms with Gasteiger partial charge in [-0.1, -0.05) is 35.5 Å². The molecule has 1 atom stereocenters. The first-order chi connectivity index (χ1) is 14.9. The number of hydrogen-bond donors (Lipinski definition) is 1. The van der Waals surface area contributed by atoms with Crippen molar-refractivity contribution in [2.45, 2.75) is 25.5 Å². The Bertz CT molecular complexity index is 1010. The van der Waals surface area contributed by atoms with E-state index in [-0.39, 0.29) is 18.2 Å². The van der Waals surface area contributed by atoms with Gasteiger partial charge in [0.1, 0.15) is 5.25 Å². The molecule has 9 heteroatoms. The van der Waals surface area contributed by atoms with E-state index in [2.05, 4.69) is 10.3 Å². The molecule has 1 heterocycles. The first-order valence-electron chi connectivity index (χ1n) is 9.81. The maximum Gasteiger partial charge on any atom is 0.338 e. The maximum atomic E-state index is 12.8. The van der Waals surface area contributed by atoms with Crippen molar-refractivity contribution in [2.24, 2.45) is 4.99 Å². The number of carbonyl (C=O) groups is 3. The van der Waals surface area contributed by atoms with Crippen molar-refractivity contribution < 1.29 is 19.1 Å². The Hall–Kier alpha value is -2.84. The number of ether oxygens (including phenoxy) is 1. The quantitative estimate of drug-likeness (QED) is 0.616. The number of anilines is 1. The van der Waals surface area contributed by atoms with Crippen LogP contribution in [0, 0.1) is 0 Å². The summed E-state index contributed by atoms with van der Waals surface area (Å²) in [4.78, 5) is 43.1. The van der Waals surface area contributed by atoms with Crippen molar-refractivity contribution in [3.05, 3.63) is 59.1 Å². The highest BCUT2D eigenvalue weighted by Crippen LogP contribution is 2.32. The number of amides is 2. The number of nitrogens with one attached hydrogen (secondary N) is 1. The van der Waals surface area contributed by atoms with E-state index in [1.165, 1.54) is 11.8 Å². The molecule has 1 N–H and O–H groups in total. The SMILES string of the molecule is CCOC(=O)c1ccc(N=C2S[C@@H](CC(=O)Nc3ccccc3Cl)C(=O)N2CC)cc1. The van der Waals surface area contributed by atoms with Crippen LogP contribution >= 0.6 is 23.4 Å². The maximum absolute atomic E-state index is 12.8. The molecule has 0 spiro atoms. The van der Waals surface area contributed by atoms with E-state index in [1.807, 2.05) is 6.92 Å². The lowest BCUT2D eigenvalue weighted by Crippen LogP contribution is -2.33. The van der Waals surface area contributed by atoms with Crippen molar-refractivity contribution >= 4 is 57.7 Å². The molecule has 1 aliphatic heterocycles. The first-order valence-corrected chi connectivity index (χ1v) is 11.1. The van der Waals surface area contributed by atoms with Crippen LogP contribution in [0.15, 0.2) is 53.5 Å². The minimum Gasteiger partial charge on any atom is -0.462 e. The van der Waals surface area contributed by atoms with Crippen LogP contribution in [-0.2, 0) is 14.3 Å². The number of para-hydroxylation sites is 1. The van der Waals surface area contributed by atoms with Crippen molar-refractivity contribution in [2.75, 3.05) is 18.5 Å². The van der Waals surface area contributed by atoms with Crippen molar-refractivity contribution in [1.82, 2.24) is 4.90 Å². The van der Waals surface area contributed by atoms with Gasteiger partial charge in [-0.15, -0.1) is 0 Å². The van der Waals surface area contributed by atoms with E-state index in [0.717, 1.165) is 0 Å². The number of aliphatic imine (C=N–C) groups is 1. The minimum absolute atomic E-state index is 0.00599. The monoisotopic (exact) mass is 459 g/mol. The number of esters is 1. The number of hydrogen-bond acceptors (Lipinski definition) is 6. The predicted octanol–water partition coefficient (Wildman–Crippen LogP) is 4.50. The highest BCUT2D eigenvalue weighted by atomic mass is 35.5. The van der Waals surface area contributed by atoms with Crippen LogP contribution in [0.25, 0.3) is 0 Å². The normalized spacial score (nSPS) is 17.1. The molecule has 0 aromatic heterocycles. The van der Waals surface area contributed by atoms with Crippen LogP contribution in [-0.4, -0.2) is 46.3 Å². The molecule has 31 heavy (non-hydrogen) atoms. The Kier molecular flexibility index (Phi) is 7.70. The zero-order valence-corrected chi connectivity index (χ0v) is 18.7. The van der Waals surface area contributed by atoms with E-state index in [1.54, 1.807) is 60.4 Å². The standard InChI is InChI=1S/C22H22ClN3O4S/c1-3-26-20(28)18(13-19(27)25-17-8-6-5-7-16(17)23)31-22(26)24-15-11-9-14(10-12-15)21(29)30-4-2/h5-12,18H,3-4,13H2,1-2H3,(H,25,27)/t18-/m0/s1. The van der Waals surface area contributed by atoms with Crippen molar-refractivity contribution in [1.29, 1.82) is 0 Å². The summed E-state index contributed by atoms with van der Waals surface area (Å²) in [5, 5.41) is 3.13. The largest absolute Gasteiger partial charge is 0.462 e. The minimum atomic E-state index is -0.569. The number of halogens is 1. The second kappa shape index (κ2) is 10.5. The van der Waals surface area contributed by atoms with Crippen LogP contribution in [0.5, 0.6) is 0 Å². The van der Waals surface area contributed by atoms with Gasteiger partial charge >= 0.3 is 5.97 Å². The summed E-state index contributed by atoms with van der Waals surface area (Å²) < 4.78 is 4.97. The molecule has 1 aliphatic rings. The molecule has 0 bridgehead atoms. The van der Waals surface area contributed by atoms with Gasteiger partial charge in [-0.2, -0.15) is 0 Å². The van der Waals surface area contributed by atoms with Crippen LogP contribution < -0.4 is 5.32 Å². The summed E-state index contributed by atoms with van der Waals surface area (Å²) in [6.07, 6.45) is 0.00599. The van der Waals surface area contributed by atoms with Gasteiger partial charge in [0.25, 0.3) is 0 Å². The molecule has 0 unspecified atom stereocenters. The summed E-state index contributed by atoms with van der Waals surface area (Å²) in [5.74, 6) is -0.856. The third-order valence-corrected chi connectivity index (χ3v) is 5.96. The smallest absolute Gasteiger partial charge is 0.338 e. The van der Waals surface area contributed by atoms with Crippen LogP contribution in [0.4, 0.5) is 11.4 Å². The van der Waals surface area contributed by atoms with Crippen LogP contribution in [0.1, 0.15) is 30.6 Å².